The first-order valence-electron chi connectivity index (χ1n) is 48.9. The van der Waals surface area contributed by atoms with Gasteiger partial charge in [0.2, 0.25) is 0 Å². The molecule has 3 fully saturated rings. The molecule has 716 valence electrons. The minimum Gasteiger partial charge on any atom is -0.374 e. The number of rotatable bonds is 57. The van der Waals surface area contributed by atoms with E-state index in [2.05, 4.69) is 166 Å². The second kappa shape index (κ2) is 56.1. The molecule has 18 atom stereocenters. The van der Waals surface area contributed by atoms with Gasteiger partial charge in [0, 0.05) is 0 Å². The molecular weight excluding hydrogens is 1710 g/mol. The van der Waals surface area contributed by atoms with Gasteiger partial charge in [0.1, 0.15) is 73.2 Å². The Kier molecular flexibility index (Phi) is 41.4. The van der Waals surface area contributed by atoms with Gasteiger partial charge >= 0.3 is 0 Å². The maximum atomic E-state index is 7.51. The SMILES string of the molecule is CCC(CO[C@@H]1OC(COCc2ccccc2)[C@H](OCc2ccccc2)C(OCc2ccccc2)C1OCc1ccccc1)CC(CC(CC)CO[C@@H]1OC(COCc2ccccc2)[C@H](OCc2ccccc2)C(OCc2ccccc2)C1OCc1ccccc1)CC(CC)CO[C@@H]1OC(COCc2ccccc2)[C@H](OCc2ccccc2)C(OCc2ccccc2)C1OCc1ccccc1. The second-order valence-electron chi connectivity index (χ2n) is 35.9. The first kappa shape index (κ1) is 100. The topological polar surface area (TPSA) is 166 Å². The second-order valence-corrected chi connectivity index (χ2v) is 35.9. The molecule has 0 bridgehead atoms. The van der Waals surface area contributed by atoms with E-state index in [1.54, 1.807) is 0 Å². The number of ether oxygens (including phenoxy) is 18. The molecule has 0 aliphatic carbocycles. The quantitative estimate of drug-likeness (QED) is 0.0353. The predicted molar refractivity (Wildman–Crippen MR) is 526 cm³/mol. The zero-order valence-corrected chi connectivity index (χ0v) is 78.9. The predicted octanol–water partition coefficient (Wildman–Crippen LogP) is 23.0. The largest absolute Gasteiger partial charge is 0.374 e. The highest BCUT2D eigenvalue weighted by molar-refractivity contribution is 5.23. The van der Waals surface area contributed by atoms with Crippen LogP contribution in [0.5, 0.6) is 0 Å². The van der Waals surface area contributed by atoms with E-state index in [1.807, 2.05) is 218 Å². The summed E-state index contributed by atoms with van der Waals surface area (Å²) < 4.78 is 130. The van der Waals surface area contributed by atoms with E-state index in [0.29, 0.717) is 59.5 Å². The minimum absolute atomic E-state index is 0.00222. The summed E-state index contributed by atoms with van der Waals surface area (Å²) in [5.74, 6) is 0.0567. The van der Waals surface area contributed by atoms with E-state index in [4.69, 9.17) is 85.3 Å². The smallest absolute Gasteiger partial charge is 0.186 e. The lowest BCUT2D eigenvalue weighted by atomic mass is 9.80. The van der Waals surface area contributed by atoms with E-state index in [-0.39, 0.29) is 83.1 Å². The molecular formula is C118H136O18. The molecule has 3 saturated heterocycles. The molecule has 0 spiro atoms. The molecule has 0 saturated carbocycles. The summed E-state index contributed by atoms with van der Waals surface area (Å²) in [4.78, 5) is 0. The maximum absolute atomic E-state index is 7.51. The lowest BCUT2D eigenvalue weighted by Crippen LogP contribution is -2.62. The molecule has 12 unspecified atom stereocenters. The Labute approximate surface area is 805 Å². The van der Waals surface area contributed by atoms with Gasteiger partial charge in [0.15, 0.2) is 18.9 Å². The fourth-order valence-electron chi connectivity index (χ4n) is 18.1. The Morgan fingerprint density at radius 3 is 0.500 bits per heavy atom. The van der Waals surface area contributed by atoms with Crippen molar-refractivity contribution >= 4 is 0 Å². The molecule has 12 aromatic rings. The van der Waals surface area contributed by atoms with Crippen LogP contribution in [0.4, 0.5) is 0 Å². The lowest BCUT2D eigenvalue weighted by molar-refractivity contribution is -0.330. The van der Waals surface area contributed by atoms with Gasteiger partial charge in [-0.1, -0.05) is 404 Å². The van der Waals surface area contributed by atoms with Crippen molar-refractivity contribution in [3.63, 3.8) is 0 Å². The van der Waals surface area contributed by atoms with E-state index in [9.17, 15) is 0 Å². The van der Waals surface area contributed by atoms with Gasteiger partial charge in [0.25, 0.3) is 0 Å². The highest BCUT2D eigenvalue weighted by Crippen LogP contribution is 2.40. The van der Waals surface area contributed by atoms with E-state index >= 15 is 0 Å². The summed E-state index contributed by atoms with van der Waals surface area (Å²) in [6, 6.07) is 123. The molecule has 12 aromatic carbocycles. The summed E-state index contributed by atoms with van der Waals surface area (Å²) in [7, 11) is 0. The van der Waals surface area contributed by atoms with Crippen molar-refractivity contribution in [2.45, 2.75) is 231 Å². The van der Waals surface area contributed by atoms with Crippen molar-refractivity contribution in [3.8, 4) is 0 Å². The molecule has 0 amide bonds. The average Bonchev–Trinajstić information content (AvgIpc) is 0.793. The average molecular weight is 1840 g/mol. The Bertz CT molecular complexity index is 4620. The third kappa shape index (κ3) is 32.0. The van der Waals surface area contributed by atoms with Gasteiger partial charge in [-0.05, 0) is 110 Å². The van der Waals surface area contributed by atoms with Crippen LogP contribution < -0.4 is 0 Å². The van der Waals surface area contributed by atoms with E-state index < -0.39 is 92.1 Å². The molecule has 18 nitrogen and oxygen atoms in total. The summed E-state index contributed by atoms with van der Waals surface area (Å²) in [6.07, 6.45) is -6.50. The minimum atomic E-state index is -0.930. The van der Waals surface area contributed by atoms with Crippen LogP contribution in [0, 0.1) is 23.7 Å². The third-order valence-corrected chi connectivity index (χ3v) is 25.7. The van der Waals surface area contributed by atoms with Gasteiger partial charge < -0.3 is 85.3 Å². The highest BCUT2D eigenvalue weighted by atomic mass is 16.7. The van der Waals surface area contributed by atoms with Crippen molar-refractivity contribution in [3.05, 3.63) is 431 Å². The molecule has 3 aliphatic heterocycles. The Balaban J connectivity index is 0.762. The molecule has 0 aromatic heterocycles. The lowest BCUT2D eigenvalue weighted by Gasteiger charge is -2.46. The van der Waals surface area contributed by atoms with Crippen LogP contribution >= 0.6 is 0 Å². The standard InChI is InChI=1S/C118H136O18/c1-4-88(73-131-116-113(128-82-100-61-37-16-38-62-100)110(125-79-97-55-31-13-32-56-97)107(122-76-94-49-25-10-26-50-94)104(134-116)85-119-70-91-43-19-7-20-44-91)67-103(68-89(5-2)74-132-117-114(129-83-101-63-39-17-40-64-101)111(126-80-98-57-33-14-34-58-98)108(123-77-95-51-27-11-28-52-95)105(135-117)86-120-71-92-45-21-8-22-46-92)69-90(6-3)75-133-118-115(130-84-102-65-41-18-42-66-102)112(127-81-99-59-35-15-36-60-99)109(124-78-96-53-29-12-30-54-96)106(136-118)87-121-72-93-47-23-9-24-48-93/h7-66,88-90,103-118H,4-6,67-87H2,1-3H3/t88?,89?,90?,103?,104?,105?,106?,107-,108-,109-,110?,111?,112?,113?,114?,115?,116+,117+,118+/m0/s1. The van der Waals surface area contributed by atoms with Crippen molar-refractivity contribution in [1.82, 2.24) is 0 Å². The molecule has 3 aliphatic rings. The van der Waals surface area contributed by atoms with Crippen LogP contribution in [-0.4, -0.2) is 132 Å². The van der Waals surface area contributed by atoms with Crippen LogP contribution in [-0.2, 0) is 165 Å². The summed E-state index contributed by atoms with van der Waals surface area (Å²) in [6.45, 7) is 11.9. The van der Waals surface area contributed by atoms with Gasteiger partial charge in [-0.15, -0.1) is 0 Å². The molecule has 0 N–H and O–H groups in total. The first-order chi connectivity index (χ1) is 67.3. The zero-order valence-electron chi connectivity index (χ0n) is 78.9. The molecule has 3 heterocycles. The normalized spacial score (nSPS) is 22.7. The van der Waals surface area contributed by atoms with Crippen LogP contribution in [0.15, 0.2) is 364 Å². The van der Waals surface area contributed by atoms with Gasteiger partial charge in [-0.2, -0.15) is 0 Å². The monoisotopic (exact) mass is 1840 g/mol. The first-order valence-corrected chi connectivity index (χ1v) is 48.9. The number of benzene rings is 12. The molecule has 18 heteroatoms. The molecule has 15 rings (SSSR count). The van der Waals surface area contributed by atoms with Crippen LogP contribution in [0.1, 0.15) is 126 Å². The van der Waals surface area contributed by atoms with Crippen molar-refractivity contribution in [1.29, 1.82) is 0 Å². The van der Waals surface area contributed by atoms with Gasteiger partial charge in [-0.25, -0.2) is 0 Å². The van der Waals surface area contributed by atoms with Crippen molar-refractivity contribution in [2.75, 3.05) is 39.6 Å². The van der Waals surface area contributed by atoms with Gasteiger partial charge in [-0.3, -0.25) is 0 Å². The molecule has 0 radical (unpaired) electrons. The van der Waals surface area contributed by atoms with Crippen LogP contribution in [0.25, 0.3) is 0 Å². The zero-order chi connectivity index (χ0) is 93.0. The highest BCUT2D eigenvalue weighted by Gasteiger charge is 2.53. The van der Waals surface area contributed by atoms with Gasteiger partial charge in [0.05, 0.1) is 119 Å². The molecule has 136 heavy (non-hydrogen) atoms. The number of hydrogen-bond donors (Lipinski definition) is 0. The fraction of sp³-hybridized carbons (Fsp3) is 0.390. The van der Waals surface area contributed by atoms with Crippen LogP contribution in [0.3, 0.4) is 0 Å². The number of hydrogen-bond acceptors (Lipinski definition) is 18. The van der Waals surface area contributed by atoms with E-state index in [1.165, 1.54) is 0 Å². The van der Waals surface area contributed by atoms with Crippen molar-refractivity contribution in [2.24, 2.45) is 23.7 Å². The van der Waals surface area contributed by atoms with Crippen molar-refractivity contribution < 1.29 is 85.3 Å². The fourth-order valence-corrected chi connectivity index (χ4v) is 18.1. The maximum Gasteiger partial charge on any atom is 0.186 e. The summed E-state index contributed by atoms with van der Waals surface area (Å²) in [5.41, 5.74) is 12.1. The Morgan fingerprint density at radius 1 is 0.176 bits per heavy atom. The van der Waals surface area contributed by atoms with E-state index in [0.717, 1.165) is 105 Å². The van der Waals surface area contributed by atoms with Crippen LogP contribution in [0.2, 0.25) is 0 Å². The summed E-state index contributed by atoms with van der Waals surface area (Å²) in [5, 5.41) is 0. The Morgan fingerprint density at radius 2 is 0.331 bits per heavy atom. The third-order valence-electron chi connectivity index (χ3n) is 25.7. The summed E-state index contributed by atoms with van der Waals surface area (Å²) >= 11 is 0. The Hall–Kier alpha value is -10.1.